The van der Waals surface area contributed by atoms with E-state index in [1.165, 1.54) is 12.2 Å². The van der Waals surface area contributed by atoms with Crippen molar-refractivity contribution in [3.05, 3.63) is 48.0 Å². The van der Waals surface area contributed by atoms with Gasteiger partial charge in [-0.25, -0.2) is 4.79 Å². The first-order valence-corrected chi connectivity index (χ1v) is 7.48. The molecule has 0 saturated heterocycles. The highest BCUT2D eigenvalue weighted by atomic mass is 16.5. The zero-order valence-electron chi connectivity index (χ0n) is 13.2. The van der Waals surface area contributed by atoms with Gasteiger partial charge in [0, 0.05) is 12.5 Å². The van der Waals surface area contributed by atoms with Crippen molar-refractivity contribution < 1.29 is 19.1 Å². The third-order valence-corrected chi connectivity index (χ3v) is 3.07. The predicted octanol–water partition coefficient (Wildman–Crippen LogP) is 1.10. The van der Waals surface area contributed by atoms with Gasteiger partial charge in [0.05, 0.1) is 6.61 Å². The number of nitrogens with two attached hydrogens (primary N) is 1. The molecule has 6 nitrogen and oxygen atoms in total. The van der Waals surface area contributed by atoms with E-state index in [0.29, 0.717) is 6.42 Å². The quantitative estimate of drug-likeness (QED) is 0.526. The minimum absolute atomic E-state index is 0.144. The van der Waals surface area contributed by atoms with E-state index in [9.17, 15) is 14.4 Å². The van der Waals surface area contributed by atoms with Crippen molar-refractivity contribution >= 4 is 17.8 Å². The van der Waals surface area contributed by atoms with Gasteiger partial charge >= 0.3 is 5.97 Å². The summed E-state index contributed by atoms with van der Waals surface area (Å²) in [6.07, 6.45) is 3.66. The fourth-order valence-corrected chi connectivity index (χ4v) is 1.91. The number of carbonyl (C=O) groups excluding carboxylic acids is 3. The minimum atomic E-state index is -0.844. The van der Waals surface area contributed by atoms with E-state index in [1.807, 2.05) is 30.3 Å². The topological polar surface area (TPSA) is 98.5 Å². The van der Waals surface area contributed by atoms with Crippen molar-refractivity contribution in [2.75, 3.05) is 6.61 Å². The molecule has 0 aliphatic carbocycles. The molecule has 1 aromatic carbocycles. The molecular formula is C17H22N2O4. The van der Waals surface area contributed by atoms with E-state index in [2.05, 4.69) is 5.32 Å². The van der Waals surface area contributed by atoms with Crippen LogP contribution in [0.2, 0.25) is 0 Å². The maximum absolute atomic E-state index is 11.9. The lowest BCUT2D eigenvalue weighted by molar-refractivity contribution is -0.137. The van der Waals surface area contributed by atoms with Crippen LogP contribution < -0.4 is 11.1 Å². The first kappa shape index (κ1) is 18.4. The van der Waals surface area contributed by atoms with Gasteiger partial charge in [-0.2, -0.15) is 0 Å². The number of carbonyl (C=O) groups is 3. The van der Waals surface area contributed by atoms with Crippen LogP contribution >= 0.6 is 0 Å². The van der Waals surface area contributed by atoms with Gasteiger partial charge in [0.1, 0.15) is 6.04 Å². The highest BCUT2D eigenvalue weighted by Crippen LogP contribution is 2.03. The van der Waals surface area contributed by atoms with Crippen molar-refractivity contribution in [2.24, 2.45) is 5.73 Å². The minimum Gasteiger partial charge on any atom is -0.463 e. The van der Waals surface area contributed by atoms with Gasteiger partial charge in [-0.05, 0) is 25.3 Å². The number of amides is 2. The number of primary amides is 1. The standard InChI is InChI=1S/C17H22N2O4/c1-2-23-16(21)10-6-9-14(17(18)22)19-15(20)12-11-13-7-4-3-5-8-13/h3-8,10,14H,2,9,11-12H2,1H3,(H2,18,22)(H,19,20)/b10-6+/t14-/m0/s1. The Balaban J connectivity index is 2.44. The fourth-order valence-electron chi connectivity index (χ4n) is 1.91. The largest absolute Gasteiger partial charge is 0.463 e. The van der Waals surface area contributed by atoms with Crippen LogP contribution in [0.15, 0.2) is 42.5 Å². The van der Waals surface area contributed by atoms with Crippen LogP contribution in [0.5, 0.6) is 0 Å². The molecule has 0 fully saturated rings. The van der Waals surface area contributed by atoms with Crippen molar-refractivity contribution in [1.29, 1.82) is 0 Å². The maximum atomic E-state index is 11.9. The third kappa shape index (κ3) is 7.80. The number of benzene rings is 1. The molecule has 0 saturated carbocycles. The summed E-state index contributed by atoms with van der Waals surface area (Å²) >= 11 is 0. The summed E-state index contributed by atoms with van der Waals surface area (Å²) in [5.74, 6) is -1.40. The van der Waals surface area contributed by atoms with E-state index < -0.39 is 17.9 Å². The number of esters is 1. The smallest absolute Gasteiger partial charge is 0.330 e. The number of aryl methyl sites for hydroxylation is 1. The number of hydrogen-bond donors (Lipinski definition) is 2. The lowest BCUT2D eigenvalue weighted by Crippen LogP contribution is -2.44. The van der Waals surface area contributed by atoms with Gasteiger partial charge in [-0.15, -0.1) is 0 Å². The Bertz CT molecular complexity index is 555. The third-order valence-electron chi connectivity index (χ3n) is 3.07. The van der Waals surface area contributed by atoms with Crippen LogP contribution in [-0.2, 0) is 25.5 Å². The maximum Gasteiger partial charge on any atom is 0.330 e. The van der Waals surface area contributed by atoms with E-state index in [-0.39, 0.29) is 25.4 Å². The molecule has 1 aromatic rings. The number of ether oxygens (including phenoxy) is 1. The first-order valence-electron chi connectivity index (χ1n) is 7.48. The predicted molar refractivity (Wildman–Crippen MR) is 86.3 cm³/mol. The zero-order valence-corrected chi connectivity index (χ0v) is 13.2. The van der Waals surface area contributed by atoms with E-state index in [4.69, 9.17) is 10.5 Å². The molecule has 0 unspecified atom stereocenters. The molecule has 0 radical (unpaired) electrons. The summed E-state index contributed by atoms with van der Waals surface area (Å²) in [5.41, 5.74) is 6.31. The Morgan fingerprint density at radius 1 is 1.26 bits per heavy atom. The molecule has 0 aliphatic heterocycles. The van der Waals surface area contributed by atoms with Crippen molar-refractivity contribution in [2.45, 2.75) is 32.2 Å². The van der Waals surface area contributed by atoms with Gasteiger partial charge in [-0.1, -0.05) is 36.4 Å². The van der Waals surface area contributed by atoms with Crippen molar-refractivity contribution in [3.8, 4) is 0 Å². The van der Waals surface area contributed by atoms with E-state index in [1.54, 1.807) is 6.92 Å². The molecule has 23 heavy (non-hydrogen) atoms. The molecule has 0 spiro atoms. The number of hydrogen-bond acceptors (Lipinski definition) is 4. The molecule has 1 rings (SSSR count). The summed E-state index contributed by atoms with van der Waals surface area (Å²) in [6.45, 7) is 1.98. The Morgan fingerprint density at radius 3 is 2.57 bits per heavy atom. The van der Waals surface area contributed by atoms with Crippen LogP contribution in [0.4, 0.5) is 0 Å². The lowest BCUT2D eigenvalue weighted by Gasteiger charge is -2.13. The molecule has 6 heteroatoms. The average molecular weight is 318 g/mol. The second-order valence-electron chi connectivity index (χ2n) is 4.90. The molecule has 1 atom stereocenters. The average Bonchev–Trinajstić information content (AvgIpc) is 2.53. The molecule has 2 amide bonds. The van der Waals surface area contributed by atoms with E-state index >= 15 is 0 Å². The van der Waals surface area contributed by atoms with Gasteiger partial charge in [0.2, 0.25) is 11.8 Å². The second-order valence-corrected chi connectivity index (χ2v) is 4.90. The van der Waals surface area contributed by atoms with Gasteiger partial charge in [0.15, 0.2) is 0 Å². The van der Waals surface area contributed by atoms with Crippen molar-refractivity contribution in [1.82, 2.24) is 5.32 Å². The molecule has 124 valence electrons. The van der Waals surface area contributed by atoms with E-state index in [0.717, 1.165) is 5.56 Å². The fraction of sp³-hybridized carbons (Fsp3) is 0.353. The van der Waals surface area contributed by atoms with Crippen LogP contribution in [0.1, 0.15) is 25.3 Å². The summed E-state index contributed by atoms with van der Waals surface area (Å²) < 4.78 is 4.72. The Morgan fingerprint density at radius 2 is 1.96 bits per heavy atom. The number of rotatable bonds is 9. The summed E-state index contributed by atoms with van der Waals surface area (Å²) in [7, 11) is 0. The van der Waals surface area contributed by atoms with Crippen LogP contribution in [0.25, 0.3) is 0 Å². The van der Waals surface area contributed by atoms with Gasteiger partial charge in [0.25, 0.3) is 0 Å². The second kappa shape index (κ2) is 10.2. The van der Waals surface area contributed by atoms with Gasteiger partial charge < -0.3 is 15.8 Å². The van der Waals surface area contributed by atoms with Crippen LogP contribution in [0.3, 0.4) is 0 Å². The van der Waals surface area contributed by atoms with Crippen LogP contribution in [0, 0.1) is 0 Å². The molecular weight excluding hydrogens is 296 g/mol. The Kier molecular flexibility index (Phi) is 8.13. The first-order chi connectivity index (χ1) is 11.0. The Labute approximate surface area is 135 Å². The number of nitrogens with one attached hydrogen (secondary N) is 1. The monoisotopic (exact) mass is 318 g/mol. The molecule has 0 aromatic heterocycles. The lowest BCUT2D eigenvalue weighted by atomic mass is 10.1. The van der Waals surface area contributed by atoms with Crippen molar-refractivity contribution in [3.63, 3.8) is 0 Å². The molecule has 0 aliphatic rings. The summed E-state index contributed by atoms with van der Waals surface area (Å²) in [5, 5.41) is 2.58. The summed E-state index contributed by atoms with van der Waals surface area (Å²) in [6, 6.07) is 8.73. The SMILES string of the molecule is CCOC(=O)/C=C/C[C@H](NC(=O)CCc1ccccc1)C(N)=O. The van der Waals surface area contributed by atoms with Gasteiger partial charge in [-0.3, -0.25) is 9.59 Å². The highest BCUT2D eigenvalue weighted by molar-refractivity contribution is 5.87. The molecule has 0 bridgehead atoms. The highest BCUT2D eigenvalue weighted by Gasteiger charge is 2.16. The molecule has 3 N–H and O–H groups in total. The Hall–Kier alpha value is -2.63. The normalized spacial score (nSPS) is 11.9. The van der Waals surface area contributed by atoms with Crippen LogP contribution in [-0.4, -0.2) is 30.4 Å². The molecule has 0 heterocycles. The summed E-state index contributed by atoms with van der Waals surface area (Å²) in [4.78, 5) is 34.4. The zero-order chi connectivity index (χ0) is 17.1.